The van der Waals surface area contributed by atoms with Gasteiger partial charge < -0.3 is 9.64 Å². The van der Waals surface area contributed by atoms with E-state index in [1.54, 1.807) is 0 Å². The largest absolute Gasteiger partial charge is 0.381 e. The number of hydrogen-bond donors (Lipinski definition) is 0. The summed E-state index contributed by atoms with van der Waals surface area (Å²) in [6, 6.07) is 3.10. The van der Waals surface area contributed by atoms with E-state index in [0.717, 1.165) is 25.9 Å². The molecule has 2 aliphatic rings. The number of nitriles is 1. The van der Waals surface area contributed by atoms with E-state index in [9.17, 15) is 0 Å². The molecular weight excluding hydrogens is 200 g/mol. The lowest BCUT2D eigenvalue weighted by molar-refractivity contribution is 0.0201. The normalized spacial score (nSPS) is 33.5. The van der Waals surface area contributed by atoms with Crippen LogP contribution in [0.25, 0.3) is 0 Å². The van der Waals surface area contributed by atoms with E-state index in [4.69, 9.17) is 10.00 Å². The fourth-order valence-electron chi connectivity index (χ4n) is 3.06. The maximum absolute atomic E-state index is 8.88. The van der Waals surface area contributed by atoms with Crippen molar-refractivity contribution in [1.82, 2.24) is 4.90 Å². The molecule has 90 valence electrons. The molecule has 0 amide bonds. The van der Waals surface area contributed by atoms with Crippen molar-refractivity contribution in [3.05, 3.63) is 0 Å². The molecule has 0 aromatic carbocycles. The predicted octanol–water partition coefficient (Wildman–Crippen LogP) is 2.18. The third-order valence-corrected chi connectivity index (χ3v) is 4.16. The molecule has 2 unspecified atom stereocenters. The first-order valence-corrected chi connectivity index (χ1v) is 6.50. The zero-order chi connectivity index (χ0) is 11.4. The van der Waals surface area contributed by atoms with E-state index in [-0.39, 0.29) is 0 Å². The first-order chi connectivity index (χ1) is 7.83. The minimum atomic E-state index is 0.304. The first-order valence-electron chi connectivity index (χ1n) is 6.50. The van der Waals surface area contributed by atoms with Crippen molar-refractivity contribution >= 4 is 0 Å². The molecule has 3 nitrogen and oxygen atoms in total. The summed E-state index contributed by atoms with van der Waals surface area (Å²) in [4.78, 5) is 2.58. The Balaban J connectivity index is 1.82. The van der Waals surface area contributed by atoms with Crippen molar-refractivity contribution in [2.75, 3.05) is 20.2 Å². The van der Waals surface area contributed by atoms with E-state index < -0.39 is 0 Å². The van der Waals surface area contributed by atoms with Gasteiger partial charge in [0.05, 0.1) is 12.2 Å². The fraction of sp³-hybridized carbons (Fsp3) is 0.923. The van der Waals surface area contributed by atoms with Gasteiger partial charge in [-0.1, -0.05) is 0 Å². The van der Waals surface area contributed by atoms with Gasteiger partial charge in [-0.05, 0) is 51.6 Å². The molecule has 0 aromatic heterocycles. The number of likely N-dealkylation sites (tertiary alicyclic amines) is 1. The minimum absolute atomic E-state index is 0.304. The van der Waals surface area contributed by atoms with Crippen molar-refractivity contribution in [3.63, 3.8) is 0 Å². The predicted molar refractivity (Wildman–Crippen MR) is 63.0 cm³/mol. The second kappa shape index (κ2) is 5.65. The summed E-state index contributed by atoms with van der Waals surface area (Å²) in [6.07, 6.45) is 7.61. The Morgan fingerprint density at radius 1 is 1.19 bits per heavy atom. The topological polar surface area (TPSA) is 36.3 Å². The number of hydrogen-bond acceptors (Lipinski definition) is 3. The van der Waals surface area contributed by atoms with Gasteiger partial charge in [0.1, 0.15) is 0 Å². The molecule has 1 aliphatic heterocycles. The van der Waals surface area contributed by atoms with Crippen molar-refractivity contribution in [2.24, 2.45) is 5.92 Å². The Labute approximate surface area is 98.4 Å². The van der Waals surface area contributed by atoms with Gasteiger partial charge in [0, 0.05) is 19.1 Å². The molecule has 16 heavy (non-hydrogen) atoms. The van der Waals surface area contributed by atoms with E-state index in [1.807, 2.05) is 7.11 Å². The van der Waals surface area contributed by atoms with E-state index >= 15 is 0 Å². The van der Waals surface area contributed by atoms with E-state index in [2.05, 4.69) is 11.0 Å². The summed E-state index contributed by atoms with van der Waals surface area (Å²) in [7, 11) is 1.83. The van der Waals surface area contributed by atoms with Crippen LogP contribution in [0.5, 0.6) is 0 Å². The molecule has 1 saturated heterocycles. The minimum Gasteiger partial charge on any atom is -0.381 e. The lowest BCUT2D eigenvalue weighted by Crippen LogP contribution is -2.44. The van der Waals surface area contributed by atoms with Gasteiger partial charge in [-0.15, -0.1) is 0 Å². The zero-order valence-corrected chi connectivity index (χ0v) is 10.2. The number of piperidine rings is 1. The summed E-state index contributed by atoms with van der Waals surface area (Å²) < 4.78 is 5.48. The highest BCUT2D eigenvalue weighted by atomic mass is 16.5. The maximum atomic E-state index is 8.88. The highest BCUT2D eigenvalue weighted by molar-refractivity contribution is 4.90. The number of methoxy groups -OCH3 is 1. The molecule has 1 heterocycles. The van der Waals surface area contributed by atoms with E-state index in [1.165, 1.54) is 25.7 Å². The van der Waals surface area contributed by atoms with E-state index in [0.29, 0.717) is 18.1 Å². The zero-order valence-electron chi connectivity index (χ0n) is 10.2. The highest BCUT2D eigenvalue weighted by Gasteiger charge is 2.29. The van der Waals surface area contributed by atoms with Crippen LogP contribution in [-0.2, 0) is 4.74 Å². The molecular formula is C13H22N2O. The van der Waals surface area contributed by atoms with Crippen LogP contribution in [0.2, 0.25) is 0 Å². The van der Waals surface area contributed by atoms with Crippen molar-refractivity contribution in [1.29, 1.82) is 5.26 Å². The highest BCUT2D eigenvalue weighted by Crippen LogP contribution is 2.28. The van der Waals surface area contributed by atoms with Gasteiger partial charge in [-0.3, -0.25) is 0 Å². The monoisotopic (exact) mass is 222 g/mol. The van der Waals surface area contributed by atoms with Gasteiger partial charge in [0.2, 0.25) is 0 Å². The molecule has 0 radical (unpaired) electrons. The third-order valence-electron chi connectivity index (χ3n) is 4.16. The van der Waals surface area contributed by atoms with Crippen LogP contribution in [0, 0.1) is 17.2 Å². The standard InChI is InChI=1S/C13H22N2O/c1-16-13-4-2-3-12(9-13)15-7-5-11(10-14)6-8-15/h11-13H,2-9H2,1H3. The van der Waals surface area contributed by atoms with Gasteiger partial charge >= 0.3 is 0 Å². The number of nitrogens with zero attached hydrogens (tertiary/aromatic N) is 2. The van der Waals surface area contributed by atoms with Gasteiger partial charge in [0.25, 0.3) is 0 Å². The lowest BCUT2D eigenvalue weighted by atomic mass is 9.89. The van der Waals surface area contributed by atoms with Crippen LogP contribution in [0.3, 0.4) is 0 Å². The number of ether oxygens (including phenoxy) is 1. The SMILES string of the molecule is COC1CCCC(N2CCC(C#N)CC2)C1. The summed E-state index contributed by atoms with van der Waals surface area (Å²) in [5.41, 5.74) is 0. The van der Waals surface area contributed by atoms with Crippen molar-refractivity contribution in [2.45, 2.75) is 50.7 Å². The third kappa shape index (κ3) is 2.75. The molecule has 0 bridgehead atoms. The quantitative estimate of drug-likeness (QED) is 0.718. The van der Waals surface area contributed by atoms with Crippen LogP contribution in [0.4, 0.5) is 0 Å². The molecule has 2 fully saturated rings. The Morgan fingerprint density at radius 3 is 2.56 bits per heavy atom. The number of rotatable bonds is 2. The van der Waals surface area contributed by atoms with Gasteiger partial charge in [0.15, 0.2) is 0 Å². The molecule has 0 aromatic rings. The molecule has 1 aliphatic carbocycles. The van der Waals surface area contributed by atoms with Gasteiger partial charge in [-0.25, -0.2) is 0 Å². The molecule has 2 atom stereocenters. The molecule has 0 spiro atoms. The van der Waals surface area contributed by atoms with Crippen molar-refractivity contribution < 1.29 is 4.74 Å². The second-order valence-corrected chi connectivity index (χ2v) is 5.12. The van der Waals surface area contributed by atoms with Crippen LogP contribution in [0.1, 0.15) is 38.5 Å². The Bertz CT molecular complexity index is 253. The van der Waals surface area contributed by atoms with Crippen LogP contribution >= 0.6 is 0 Å². The smallest absolute Gasteiger partial charge is 0.0656 e. The Kier molecular flexibility index (Phi) is 4.20. The average molecular weight is 222 g/mol. The molecule has 2 rings (SSSR count). The summed E-state index contributed by atoms with van der Waals surface area (Å²) in [6.45, 7) is 2.22. The molecule has 3 heteroatoms. The van der Waals surface area contributed by atoms with Crippen LogP contribution < -0.4 is 0 Å². The summed E-state index contributed by atoms with van der Waals surface area (Å²) >= 11 is 0. The fourth-order valence-corrected chi connectivity index (χ4v) is 3.06. The average Bonchev–Trinajstić information content (AvgIpc) is 2.39. The van der Waals surface area contributed by atoms with Crippen LogP contribution in [-0.4, -0.2) is 37.2 Å². The summed E-state index contributed by atoms with van der Waals surface area (Å²) in [5.74, 6) is 0.304. The van der Waals surface area contributed by atoms with Crippen LogP contribution in [0.15, 0.2) is 0 Å². The van der Waals surface area contributed by atoms with Crippen molar-refractivity contribution in [3.8, 4) is 6.07 Å². The second-order valence-electron chi connectivity index (χ2n) is 5.12. The first kappa shape index (κ1) is 11.9. The Morgan fingerprint density at radius 2 is 1.94 bits per heavy atom. The Hall–Kier alpha value is -0.590. The summed E-state index contributed by atoms with van der Waals surface area (Å²) in [5, 5.41) is 8.88. The molecule has 0 N–H and O–H groups in total. The lowest BCUT2D eigenvalue weighted by Gasteiger charge is -2.39. The maximum Gasteiger partial charge on any atom is 0.0656 e. The van der Waals surface area contributed by atoms with Gasteiger partial charge in [-0.2, -0.15) is 5.26 Å². The molecule has 1 saturated carbocycles.